The number of hydrogen-bond acceptors (Lipinski definition) is 5. The molecule has 120 valence electrons. The van der Waals surface area contributed by atoms with Crippen molar-refractivity contribution in [3.63, 3.8) is 0 Å². The topological polar surface area (TPSA) is 65.8 Å². The first-order valence-corrected chi connectivity index (χ1v) is 8.81. The number of rotatable bonds is 7. The zero-order valence-electron chi connectivity index (χ0n) is 13.0. The van der Waals surface area contributed by atoms with Crippen molar-refractivity contribution in [1.29, 1.82) is 0 Å². The summed E-state index contributed by atoms with van der Waals surface area (Å²) in [5.74, 6) is 1.04. The SMILES string of the molecule is CCNCc1ccc(S(=O)(=O)N(C)CC2CCN(C)C2)o1. The molecular weight excluding hydrogens is 290 g/mol. The van der Waals surface area contributed by atoms with Crippen LogP contribution in [0.25, 0.3) is 0 Å². The van der Waals surface area contributed by atoms with Crippen LogP contribution < -0.4 is 5.32 Å². The van der Waals surface area contributed by atoms with E-state index in [1.165, 1.54) is 4.31 Å². The lowest BCUT2D eigenvalue weighted by Gasteiger charge is -2.19. The standard InChI is InChI=1S/C14H25N3O3S/c1-4-15-9-13-5-6-14(20-13)21(18,19)17(3)11-12-7-8-16(2)10-12/h5-6,12,15H,4,7-11H2,1-3H3. The van der Waals surface area contributed by atoms with Crippen molar-refractivity contribution in [2.75, 3.05) is 40.3 Å². The summed E-state index contributed by atoms with van der Waals surface area (Å²) < 4.78 is 31.8. The molecule has 1 aromatic heterocycles. The fourth-order valence-electron chi connectivity index (χ4n) is 2.63. The highest BCUT2D eigenvalue weighted by Gasteiger charge is 2.29. The molecule has 0 aromatic carbocycles. The van der Waals surface area contributed by atoms with Crippen LogP contribution in [0.1, 0.15) is 19.1 Å². The minimum Gasteiger partial charge on any atom is -0.447 e. The molecule has 0 saturated carbocycles. The average Bonchev–Trinajstić information content (AvgIpc) is 3.06. The highest BCUT2D eigenvalue weighted by atomic mass is 32.2. The molecule has 0 spiro atoms. The molecule has 1 aliphatic rings. The lowest BCUT2D eigenvalue weighted by atomic mass is 10.1. The summed E-state index contributed by atoms with van der Waals surface area (Å²) in [4.78, 5) is 2.23. The Hall–Kier alpha value is -0.890. The van der Waals surface area contributed by atoms with Gasteiger partial charge in [-0.15, -0.1) is 0 Å². The van der Waals surface area contributed by atoms with Crippen molar-refractivity contribution in [2.24, 2.45) is 5.92 Å². The minimum atomic E-state index is -3.53. The summed E-state index contributed by atoms with van der Waals surface area (Å²) >= 11 is 0. The summed E-state index contributed by atoms with van der Waals surface area (Å²) in [7, 11) is 0.161. The van der Waals surface area contributed by atoms with Crippen LogP contribution in [0.5, 0.6) is 0 Å². The molecule has 7 heteroatoms. The fraction of sp³-hybridized carbons (Fsp3) is 0.714. The first-order chi connectivity index (χ1) is 9.93. The van der Waals surface area contributed by atoms with Gasteiger partial charge in [0.1, 0.15) is 5.76 Å². The molecule has 1 atom stereocenters. The Bertz CT molecular complexity index is 556. The maximum absolute atomic E-state index is 12.5. The van der Waals surface area contributed by atoms with E-state index in [1.54, 1.807) is 19.2 Å². The maximum Gasteiger partial charge on any atom is 0.276 e. The Morgan fingerprint density at radius 2 is 2.24 bits per heavy atom. The summed E-state index contributed by atoms with van der Waals surface area (Å²) in [5, 5.41) is 3.15. The maximum atomic E-state index is 12.5. The number of sulfonamides is 1. The number of hydrogen-bond donors (Lipinski definition) is 1. The molecule has 6 nitrogen and oxygen atoms in total. The van der Waals surface area contributed by atoms with Crippen LogP contribution in [0.2, 0.25) is 0 Å². The second kappa shape index (κ2) is 6.91. The van der Waals surface area contributed by atoms with Crippen LogP contribution >= 0.6 is 0 Å². The molecule has 1 saturated heterocycles. The van der Waals surface area contributed by atoms with Crippen LogP contribution in [0.15, 0.2) is 21.6 Å². The first kappa shape index (κ1) is 16.5. The molecular formula is C14H25N3O3S. The molecule has 1 fully saturated rings. The van der Waals surface area contributed by atoms with Crippen LogP contribution in [0, 0.1) is 5.92 Å². The van der Waals surface area contributed by atoms with E-state index in [1.807, 2.05) is 6.92 Å². The molecule has 0 aliphatic carbocycles. The number of nitrogens with one attached hydrogen (secondary N) is 1. The van der Waals surface area contributed by atoms with E-state index in [9.17, 15) is 8.42 Å². The average molecular weight is 315 g/mol. The van der Waals surface area contributed by atoms with E-state index in [0.29, 0.717) is 24.8 Å². The molecule has 2 rings (SSSR count). The zero-order chi connectivity index (χ0) is 15.5. The van der Waals surface area contributed by atoms with Crippen LogP contribution in [0.3, 0.4) is 0 Å². The molecule has 1 aliphatic heterocycles. The molecule has 0 radical (unpaired) electrons. The highest BCUT2D eigenvalue weighted by Crippen LogP contribution is 2.21. The Kier molecular flexibility index (Phi) is 5.43. The van der Waals surface area contributed by atoms with E-state index in [-0.39, 0.29) is 5.09 Å². The van der Waals surface area contributed by atoms with Crippen molar-refractivity contribution >= 4 is 10.0 Å². The molecule has 1 N–H and O–H groups in total. The lowest BCUT2D eigenvalue weighted by molar-refractivity contribution is 0.343. The number of nitrogens with zero attached hydrogens (tertiary/aromatic N) is 2. The number of furan rings is 1. The Morgan fingerprint density at radius 1 is 1.48 bits per heavy atom. The molecule has 1 aromatic rings. The summed E-state index contributed by atoms with van der Waals surface area (Å²) in [6.45, 7) is 5.87. The predicted molar refractivity (Wildman–Crippen MR) is 81.5 cm³/mol. The first-order valence-electron chi connectivity index (χ1n) is 7.37. The van der Waals surface area contributed by atoms with Gasteiger partial charge < -0.3 is 14.6 Å². The van der Waals surface area contributed by atoms with E-state index in [4.69, 9.17) is 4.42 Å². The molecule has 0 bridgehead atoms. The van der Waals surface area contributed by atoms with Crippen molar-refractivity contribution in [3.05, 3.63) is 17.9 Å². The van der Waals surface area contributed by atoms with Gasteiger partial charge in [-0.3, -0.25) is 0 Å². The van der Waals surface area contributed by atoms with Crippen molar-refractivity contribution in [2.45, 2.75) is 25.0 Å². The van der Waals surface area contributed by atoms with Gasteiger partial charge in [0.2, 0.25) is 5.09 Å². The van der Waals surface area contributed by atoms with Crippen molar-refractivity contribution < 1.29 is 12.8 Å². The minimum absolute atomic E-state index is 0.0317. The third-order valence-electron chi connectivity index (χ3n) is 3.86. The van der Waals surface area contributed by atoms with Gasteiger partial charge in [0, 0.05) is 20.1 Å². The van der Waals surface area contributed by atoms with Crippen molar-refractivity contribution in [3.8, 4) is 0 Å². The van der Waals surface area contributed by atoms with Crippen LogP contribution in [-0.2, 0) is 16.6 Å². The lowest BCUT2D eigenvalue weighted by Crippen LogP contribution is -2.32. The normalized spacial score (nSPS) is 20.5. The molecule has 21 heavy (non-hydrogen) atoms. The molecule has 1 unspecified atom stereocenters. The monoisotopic (exact) mass is 315 g/mol. The fourth-order valence-corrected chi connectivity index (χ4v) is 3.80. The molecule has 0 amide bonds. The third kappa shape index (κ3) is 4.06. The van der Waals surface area contributed by atoms with Gasteiger partial charge in [0.15, 0.2) is 0 Å². The predicted octanol–water partition coefficient (Wildman–Crippen LogP) is 0.961. The van der Waals surface area contributed by atoms with E-state index in [2.05, 4.69) is 17.3 Å². The quantitative estimate of drug-likeness (QED) is 0.812. The van der Waals surface area contributed by atoms with Crippen LogP contribution in [0.4, 0.5) is 0 Å². The van der Waals surface area contributed by atoms with Gasteiger partial charge in [0.25, 0.3) is 10.0 Å². The molecule has 2 heterocycles. The summed E-state index contributed by atoms with van der Waals surface area (Å²) in [5.41, 5.74) is 0. The largest absolute Gasteiger partial charge is 0.447 e. The van der Waals surface area contributed by atoms with Gasteiger partial charge >= 0.3 is 0 Å². The Morgan fingerprint density at radius 3 is 2.86 bits per heavy atom. The third-order valence-corrected chi connectivity index (χ3v) is 5.55. The van der Waals surface area contributed by atoms with Gasteiger partial charge in [0.05, 0.1) is 6.54 Å². The zero-order valence-corrected chi connectivity index (χ0v) is 13.8. The van der Waals surface area contributed by atoms with Crippen molar-refractivity contribution in [1.82, 2.24) is 14.5 Å². The van der Waals surface area contributed by atoms with E-state index >= 15 is 0 Å². The van der Waals surface area contributed by atoms with Crippen LogP contribution in [-0.4, -0.2) is 57.9 Å². The van der Waals surface area contributed by atoms with E-state index in [0.717, 1.165) is 26.1 Å². The van der Waals surface area contributed by atoms with Gasteiger partial charge in [-0.25, -0.2) is 8.42 Å². The summed E-state index contributed by atoms with van der Waals surface area (Å²) in [6.07, 6.45) is 1.04. The van der Waals surface area contributed by atoms with Gasteiger partial charge in [-0.05, 0) is 44.6 Å². The Labute approximate surface area is 127 Å². The highest BCUT2D eigenvalue weighted by molar-refractivity contribution is 7.89. The van der Waals surface area contributed by atoms with Gasteiger partial charge in [-0.2, -0.15) is 4.31 Å². The second-order valence-corrected chi connectivity index (χ2v) is 7.68. The number of likely N-dealkylation sites (tertiary alicyclic amines) is 1. The second-order valence-electron chi connectivity index (χ2n) is 5.70. The van der Waals surface area contributed by atoms with E-state index < -0.39 is 10.0 Å². The van der Waals surface area contributed by atoms with Gasteiger partial charge in [-0.1, -0.05) is 6.92 Å². The summed E-state index contributed by atoms with van der Waals surface area (Å²) in [6, 6.07) is 3.26. The smallest absolute Gasteiger partial charge is 0.276 e. The Balaban J connectivity index is 2.01.